The number of hydrogen-bond acceptors (Lipinski definition) is 4. The zero-order valence-electron chi connectivity index (χ0n) is 8.14. The molecule has 0 bridgehead atoms. The molecule has 1 rings (SSSR count). The minimum absolute atomic E-state index is 0.126. The van der Waals surface area contributed by atoms with Crippen LogP contribution in [0, 0.1) is 0 Å². The lowest BCUT2D eigenvalue weighted by Gasteiger charge is -2.03. The number of nitrogens with two attached hydrogens (primary N) is 1. The molecule has 0 radical (unpaired) electrons. The topological polar surface area (TPSA) is 86.5 Å². The molecule has 0 spiro atoms. The summed E-state index contributed by atoms with van der Waals surface area (Å²) in [5.74, 6) is 0.543. The molecule has 5 nitrogen and oxygen atoms in total. The second-order valence-electron chi connectivity index (χ2n) is 2.73. The summed E-state index contributed by atoms with van der Waals surface area (Å²) in [6.45, 7) is 2.30. The first-order valence-electron chi connectivity index (χ1n) is 4.26. The number of rotatable bonds is 3. The van der Waals surface area contributed by atoms with E-state index in [4.69, 9.17) is 10.5 Å². The van der Waals surface area contributed by atoms with Crippen LogP contribution in [0.15, 0.2) is 29.2 Å². The monoisotopic (exact) mass is 229 g/mol. The molecule has 0 atom stereocenters. The number of carbonyl (C=O) groups is 1. The maximum Gasteiger partial charge on any atom is 0.338 e. The Hall–Kier alpha value is -1.56. The number of amides is 1. The van der Waals surface area contributed by atoms with E-state index in [0.717, 1.165) is 0 Å². The molecule has 6 heteroatoms. The number of primary amides is 1. The third-order valence-corrected chi connectivity index (χ3v) is 3.13. The lowest BCUT2D eigenvalue weighted by atomic mass is 10.3. The lowest BCUT2D eigenvalue weighted by molar-refractivity contribution is 0.265. The van der Waals surface area contributed by atoms with Crippen LogP contribution in [0.25, 0.3) is 0 Å². The average molecular weight is 229 g/mol. The number of carbonyl (C=O) groups excluding carboxylic acids is 1. The predicted octanol–water partition coefficient (Wildman–Crippen LogP) is 0.938. The summed E-state index contributed by atoms with van der Waals surface area (Å²) in [6.07, 6.45) is 0. The van der Waals surface area contributed by atoms with Crippen LogP contribution < -0.4 is 10.5 Å². The Bertz CT molecular complexity index is 450. The first kappa shape index (κ1) is 11.5. The van der Waals surface area contributed by atoms with Crippen LogP contribution in [-0.4, -0.2) is 20.3 Å². The van der Waals surface area contributed by atoms with Gasteiger partial charge in [0.2, 0.25) is 0 Å². The van der Waals surface area contributed by atoms with Crippen molar-refractivity contribution in [3.8, 4) is 5.75 Å². The van der Waals surface area contributed by atoms with Crippen LogP contribution in [0.5, 0.6) is 5.75 Å². The van der Waals surface area contributed by atoms with E-state index < -0.39 is 15.1 Å². The van der Waals surface area contributed by atoms with Crippen molar-refractivity contribution in [2.45, 2.75) is 11.8 Å². The van der Waals surface area contributed by atoms with Gasteiger partial charge in [0.15, 0.2) is 0 Å². The smallest absolute Gasteiger partial charge is 0.338 e. The van der Waals surface area contributed by atoms with Gasteiger partial charge in [0.05, 0.1) is 11.5 Å². The van der Waals surface area contributed by atoms with E-state index in [-0.39, 0.29) is 4.90 Å². The van der Waals surface area contributed by atoms with Gasteiger partial charge < -0.3 is 10.5 Å². The van der Waals surface area contributed by atoms with Crippen molar-refractivity contribution in [1.29, 1.82) is 0 Å². The van der Waals surface area contributed by atoms with Gasteiger partial charge in [-0.1, -0.05) is 0 Å². The van der Waals surface area contributed by atoms with Crippen molar-refractivity contribution >= 4 is 15.1 Å². The molecule has 0 fully saturated rings. The van der Waals surface area contributed by atoms with E-state index in [1.165, 1.54) is 24.3 Å². The van der Waals surface area contributed by atoms with Gasteiger partial charge in [0, 0.05) is 0 Å². The van der Waals surface area contributed by atoms with Crippen molar-refractivity contribution in [2.24, 2.45) is 5.73 Å². The van der Waals surface area contributed by atoms with Gasteiger partial charge >= 0.3 is 5.24 Å². The minimum atomic E-state index is -4.03. The van der Waals surface area contributed by atoms with E-state index in [0.29, 0.717) is 12.4 Å². The van der Waals surface area contributed by atoms with Crippen molar-refractivity contribution in [1.82, 2.24) is 0 Å². The molecule has 0 saturated heterocycles. The summed E-state index contributed by atoms with van der Waals surface area (Å²) in [6, 6.07) is 5.51. The summed E-state index contributed by atoms with van der Waals surface area (Å²) >= 11 is 0. The van der Waals surface area contributed by atoms with Crippen LogP contribution in [0.1, 0.15) is 6.92 Å². The molecular weight excluding hydrogens is 218 g/mol. The number of hydrogen-bond donors (Lipinski definition) is 1. The molecular formula is C9H11NO4S. The van der Waals surface area contributed by atoms with E-state index >= 15 is 0 Å². The Morgan fingerprint density at radius 1 is 1.33 bits per heavy atom. The first-order chi connectivity index (χ1) is 6.98. The molecule has 1 aromatic carbocycles. The van der Waals surface area contributed by atoms with Crippen LogP contribution in [0.2, 0.25) is 0 Å². The maximum absolute atomic E-state index is 11.3. The second-order valence-corrected chi connectivity index (χ2v) is 4.61. The Balaban J connectivity index is 3.04. The summed E-state index contributed by atoms with van der Waals surface area (Å²) in [4.78, 5) is 10.5. The predicted molar refractivity (Wildman–Crippen MR) is 54.4 cm³/mol. The van der Waals surface area contributed by atoms with E-state index in [1.54, 1.807) is 0 Å². The van der Waals surface area contributed by atoms with Crippen LogP contribution in [0.3, 0.4) is 0 Å². The SMILES string of the molecule is CCOc1ccc(S(=O)(=O)C(N)=O)cc1. The third-order valence-electron chi connectivity index (χ3n) is 1.71. The van der Waals surface area contributed by atoms with Crippen LogP contribution in [0.4, 0.5) is 4.79 Å². The second kappa shape index (κ2) is 4.31. The Kier molecular flexibility index (Phi) is 3.31. The summed E-state index contributed by atoms with van der Waals surface area (Å²) < 4.78 is 27.7. The summed E-state index contributed by atoms with van der Waals surface area (Å²) in [5.41, 5.74) is 4.74. The Labute approximate surface area is 87.8 Å². The fourth-order valence-electron chi connectivity index (χ4n) is 0.998. The van der Waals surface area contributed by atoms with Crippen LogP contribution in [-0.2, 0) is 9.84 Å². The van der Waals surface area contributed by atoms with Crippen molar-refractivity contribution in [2.75, 3.05) is 6.61 Å². The van der Waals surface area contributed by atoms with Gasteiger partial charge in [0.1, 0.15) is 5.75 Å². The Morgan fingerprint density at radius 3 is 2.27 bits per heavy atom. The van der Waals surface area contributed by atoms with E-state index in [9.17, 15) is 13.2 Å². The fraction of sp³-hybridized carbons (Fsp3) is 0.222. The van der Waals surface area contributed by atoms with Crippen molar-refractivity contribution in [3.05, 3.63) is 24.3 Å². The van der Waals surface area contributed by atoms with E-state index in [2.05, 4.69) is 0 Å². The molecule has 0 aliphatic rings. The van der Waals surface area contributed by atoms with Gasteiger partial charge in [-0.3, -0.25) is 4.79 Å². The number of ether oxygens (including phenoxy) is 1. The minimum Gasteiger partial charge on any atom is -0.494 e. The maximum atomic E-state index is 11.3. The normalized spacial score (nSPS) is 11.0. The molecule has 0 aromatic heterocycles. The standard InChI is InChI=1S/C9H11NO4S/c1-2-14-7-3-5-8(6-4-7)15(12,13)9(10)11/h3-6H,2H2,1H3,(H2,10,11). The molecule has 0 aliphatic carbocycles. The van der Waals surface area contributed by atoms with Crippen molar-refractivity contribution < 1.29 is 17.9 Å². The number of benzene rings is 1. The molecule has 2 N–H and O–H groups in total. The van der Waals surface area contributed by atoms with Crippen LogP contribution >= 0.6 is 0 Å². The molecule has 0 unspecified atom stereocenters. The summed E-state index contributed by atoms with van der Waals surface area (Å²) in [5, 5.41) is -1.35. The van der Waals surface area contributed by atoms with Gasteiger partial charge in [-0.15, -0.1) is 0 Å². The molecule has 0 heterocycles. The zero-order chi connectivity index (χ0) is 11.5. The molecule has 0 saturated carbocycles. The van der Waals surface area contributed by atoms with Gasteiger partial charge in [0.25, 0.3) is 9.84 Å². The average Bonchev–Trinajstić information content (AvgIpc) is 2.19. The highest BCUT2D eigenvalue weighted by Crippen LogP contribution is 2.16. The highest BCUT2D eigenvalue weighted by Gasteiger charge is 2.20. The Morgan fingerprint density at radius 2 is 1.87 bits per heavy atom. The highest BCUT2D eigenvalue weighted by atomic mass is 32.2. The van der Waals surface area contributed by atoms with E-state index in [1.807, 2.05) is 6.92 Å². The molecule has 0 aliphatic heterocycles. The van der Waals surface area contributed by atoms with Crippen molar-refractivity contribution in [3.63, 3.8) is 0 Å². The lowest BCUT2D eigenvalue weighted by Crippen LogP contribution is -2.21. The highest BCUT2D eigenvalue weighted by molar-refractivity contribution is 8.06. The first-order valence-corrected chi connectivity index (χ1v) is 5.74. The molecule has 15 heavy (non-hydrogen) atoms. The largest absolute Gasteiger partial charge is 0.494 e. The molecule has 1 amide bonds. The third kappa shape index (κ3) is 2.47. The molecule has 1 aromatic rings. The fourth-order valence-corrected chi connectivity index (χ4v) is 1.72. The number of sulfone groups is 1. The zero-order valence-corrected chi connectivity index (χ0v) is 8.95. The molecule has 82 valence electrons. The summed E-state index contributed by atoms with van der Waals surface area (Å²) in [7, 11) is -4.03. The quantitative estimate of drug-likeness (QED) is 0.835. The van der Waals surface area contributed by atoms with Gasteiger partial charge in [-0.25, -0.2) is 8.42 Å². The van der Waals surface area contributed by atoms with Gasteiger partial charge in [-0.05, 0) is 31.2 Å². The van der Waals surface area contributed by atoms with Gasteiger partial charge in [-0.2, -0.15) is 0 Å².